The van der Waals surface area contributed by atoms with Gasteiger partial charge in [0, 0.05) is 6.04 Å². The fourth-order valence-corrected chi connectivity index (χ4v) is 1.67. The van der Waals surface area contributed by atoms with E-state index >= 15 is 0 Å². The highest BCUT2D eigenvalue weighted by molar-refractivity contribution is 5.08. The summed E-state index contributed by atoms with van der Waals surface area (Å²) in [6.45, 7) is 7.46. The Hall–Kier alpha value is -0.960. The van der Waals surface area contributed by atoms with Crippen LogP contribution in [-0.2, 0) is 0 Å². The minimum atomic E-state index is -0.282. The lowest BCUT2D eigenvalue weighted by Gasteiger charge is -2.18. The van der Waals surface area contributed by atoms with Crippen molar-refractivity contribution in [1.82, 2.24) is 10.3 Å². The summed E-state index contributed by atoms with van der Waals surface area (Å²) < 4.78 is 12.7. The van der Waals surface area contributed by atoms with Gasteiger partial charge in [-0.2, -0.15) is 0 Å². The van der Waals surface area contributed by atoms with E-state index in [1.807, 2.05) is 0 Å². The van der Waals surface area contributed by atoms with Gasteiger partial charge in [0.25, 0.3) is 0 Å². The number of hydrogen-bond donors (Lipinski definition) is 1. The second-order valence-electron chi connectivity index (χ2n) is 4.21. The largest absolute Gasteiger partial charge is 0.309 e. The quantitative estimate of drug-likeness (QED) is 0.802. The second kappa shape index (κ2) is 6.59. The molecule has 0 aliphatic heterocycles. The van der Waals surface area contributed by atoms with Crippen LogP contribution >= 0.6 is 0 Å². The van der Waals surface area contributed by atoms with E-state index < -0.39 is 0 Å². The van der Waals surface area contributed by atoms with Crippen LogP contribution in [0.25, 0.3) is 0 Å². The zero-order valence-electron chi connectivity index (χ0n) is 10.3. The molecule has 0 fully saturated rings. The van der Waals surface area contributed by atoms with Gasteiger partial charge in [-0.3, -0.25) is 4.98 Å². The van der Waals surface area contributed by atoms with E-state index in [1.165, 1.54) is 25.1 Å². The number of nitrogens with zero attached hydrogens (tertiary/aromatic N) is 1. The predicted molar refractivity (Wildman–Crippen MR) is 64.7 cm³/mol. The highest BCUT2D eigenvalue weighted by Gasteiger charge is 2.09. The molecule has 0 bridgehead atoms. The monoisotopic (exact) mass is 224 g/mol. The van der Waals surface area contributed by atoms with E-state index in [2.05, 4.69) is 31.1 Å². The third kappa shape index (κ3) is 3.89. The third-order valence-electron chi connectivity index (χ3n) is 3.06. The standard InChI is InChI=1S/C13H21FN2/c1-4-11(5-2)8-15-10(3)13-7-6-12(14)9-16-13/h6-7,9-11,15H,4-5,8H2,1-3H3. The van der Waals surface area contributed by atoms with Crippen LogP contribution in [0.5, 0.6) is 0 Å². The lowest BCUT2D eigenvalue weighted by atomic mass is 10.0. The van der Waals surface area contributed by atoms with E-state index in [9.17, 15) is 4.39 Å². The molecule has 1 atom stereocenters. The molecule has 0 aromatic carbocycles. The Morgan fingerprint density at radius 1 is 1.31 bits per heavy atom. The van der Waals surface area contributed by atoms with Gasteiger partial charge in [0.05, 0.1) is 11.9 Å². The van der Waals surface area contributed by atoms with Crippen LogP contribution in [0.4, 0.5) is 4.39 Å². The molecule has 16 heavy (non-hydrogen) atoms. The molecule has 2 nitrogen and oxygen atoms in total. The van der Waals surface area contributed by atoms with E-state index in [-0.39, 0.29) is 11.9 Å². The number of aromatic nitrogens is 1. The van der Waals surface area contributed by atoms with E-state index in [1.54, 1.807) is 6.07 Å². The van der Waals surface area contributed by atoms with Crippen molar-refractivity contribution in [3.63, 3.8) is 0 Å². The van der Waals surface area contributed by atoms with Crippen LogP contribution in [0.2, 0.25) is 0 Å². The summed E-state index contributed by atoms with van der Waals surface area (Å²) in [6.07, 6.45) is 3.64. The molecule has 0 aliphatic rings. The Balaban J connectivity index is 2.46. The van der Waals surface area contributed by atoms with Crippen molar-refractivity contribution < 1.29 is 4.39 Å². The second-order valence-corrected chi connectivity index (χ2v) is 4.21. The van der Waals surface area contributed by atoms with Gasteiger partial charge in [-0.1, -0.05) is 26.7 Å². The smallest absolute Gasteiger partial charge is 0.141 e. The van der Waals surface area contributed by atoms with Crippen LogP contribution in [-0.4, -0.2) is 11.5 Å². The minimum absolute atomic E-state index is 0.182. The van der Waals surface area contributed by atoms with Crippen molar-refractivity contribution >= 4 is 0 Å². The van der Waals surface area contributed by atoms with Gasteiger partial charge < -0.3 is 5.32 Å². The maximum atomic E-state index is 12.7. The average Bonchev–Trinajstić information content (AvgIpc) is 2.31. The third-order valence-corrected chi connectivity index (χ3v) is 3.06. The molecule has 0 radical (unpaired) electrons. The molecule has 1 N–H and O–H groups in total. The summed E-state index contributed by atoms with van der Waals surface area (Å²) in [5.41, 5.74) is 0.896. The Morgan fingerprint density at radius 3 is 2.50 bits per heavy atom. The first kappa shape index (κ1) is 13.1. The van der Waals surface area contributed by atoms with E-state index in [4.69, 9.17) is 0 Å². The lowest BCUT2D eigenvalue weighted by molar-refractivity contribution is 0.419. The van der Waals surface area contributed by atoms with Gasteiger partial charge in [0.1, 0.15) is 5.82 Å². The van der Waals surface area contributed by atoms with Gasteiger partial charge in [0.2, 0.25) is 0 Å². The maximum absolute atomic E-state index is 12.7. The Morgan fingerprint density at radius 2 is 2.00 bits per heavy atom. The SMILES string of the molecule is CCC(CC)CNC(C)c1ccc(F)cn1. The first-order valence-corrected chi connectivity index (χ1v) is 6.02. The fourth-order valence-electron chi connectivity index (χ4n) is 1.67. The van der Waals surface area contributed by atoms with E-state index in [0.29, 0.717) is 5.92 Å². The molecule has 1 aromatic rings. The Kier molecular flexibility index (Phi) is 5.39. The molecule has 1 aromatic heterocycles. The highest BCUT2D eigenvalue weighted by Crippen LogP contribution is 2.12. The van der Waals surface area contributed by atoms with Crippen LogP contribution < -0.4 is 5.32 Å². The van der Waals surface area contributed by atoms with Gasteiger partial charge in [-0.05, 0) is 31.5 Å². The van der Waals surface area contributed by atoms with Crippen molar-refractivity contribution in [2.45, 2.75) is 39.7 Å². The summed E-state index contributed by atoms with van der Waals surface area (Å²) in [5.74, 6) is 0.429. The molecule has 1 rings (SSSR count). The predicted octanol–water partition coefficient (Wildman–Crippen LogP) is 3.31. The number of nitrogens with one attached hydrogen (secondary N) is 1. The summed E-state index contributed by atoms with van der Waals surface area (Å²) in [5, 5.41) is 3.44. The van der Waals surface area contributed by atoms with Crippen molar-refractivity contribution in [3.8, 4) is 0 Å². The fraction of sp³-hybridized carbons (Fsp3) is 0.615. The van der Waals surface area contributed by atoms with Gasteiger partial charge in [0.15, 0.2) is 0 Å². The first-order chi connectivity index (χ1) is 7.67. The molecule has 1 unspecified atom stereocenters. The molecule has 90 valence electrons. The summed E-state index contributed by atoms with van der Waals surface area (Å²) in [6, 6.07) is 3.37. The highest BCUT2D eigenvalue weighted by atomic mass is 19.1. The molecule has 1 heterocycles. The zero-order valence-corrected chi connectivity index (χ0v) is 10.3. The number of rotatable bonds is 6. The number of pyridine rings is 1. The van der Waals surface area contributed by atoms with Crippen LogP contribution in [0, 0.1) is 11.7 Å². The average molecular weight is 224 g/mol. The molecule has 0 amide bonds. The lowest BCUT2D eigenvalue weighted by Crippen LogP contribution is -2.25. The Labute approximate surface area is 97.3 Å². The van der Waals surface area contributed by atoms with E-state index in [0.717, 1.165) is 12.2 Å². The van der Waals surface area contributed by atoms with Crippen molar-refractivity contribution in [2.24, 2.45) is 5.92 Å². The molecular formula is C13H21FN2. The number of hydrogen-bond acceptors (Lipinski definition) is 2. The van der Waals surface area contributed by atoms with Crippen LogP contribution in [0.15, 0.2) is 18.3 Å². The van der Waals surface area contributed by atoms with Crippen molar-refractivity contribution in [1.29, 1.82) is 0 Å². The summed E-state index contributed by atoms with van der Waals surface area (Å²) >= 11 is 0. The van der Waals surface area contributed by atoms with Gasteiger partial charge >= 0.3 is 0 Å². The minimum Gasteiger partial charge on any atom is -0.309 e. The Bertz CT molecular complexity index is 293. The van der Waals surface area contributed by atoms with Gasteiger partial charge in [-0.15, -0.1) is 0 Å². The molecule has 0 saturated carbocycles. The van der Waals surface area contributed by atoms with Crippen molar-refractivity contribution in [2.75, 3.05) is 6.54 Å². The molecular weight excluding hydrogens is 203 g/mol. The van der Waals surface area contributed by atoms with Gasteiger partial charge in [-0.25, -0.2) is 4.39 Å². The number of halogens is 1. The topological polar surface area (TPSA) is 24.9 Å². The van der Waals surface area contributed by atoms with Crippen molar-refractivity contribution in [3.05, 3.63) is 29.8 Å². The summed E-state index contributed by atoms with van der Waals surface area (Å²) in [4.78, 5) is 4.07. The molecule has 0 saturated heterocycles. The zero-order chi connectivity index (χ0) is 12.0. The molecule has 0 spiro atoms. The van der Waals surface area contributed by atoms with Crippen LogP contribution in [0.1, 0.15) is 45.3 Å². The normalized spacial score (nSPS) is 13.1. The first-order valence-electron chi connectivity index (χ1n) is 6.02. The van der Waals surface area contributed by atoms with Crippen LogP contribution in [0.3, 0.4) is 0 Å². The maximum Gasteiger partial charge on any atom is 0.141 e. The summed E-state index contributed by atoms with van der Waals surface area (Å²) in [7, 11) is 0. The molecule has 3 heteroatoms. The molecule has 0 aliphatic carbocycles.